The topological polar surface area (TPSA) is 54.6 Å². The first kappa shape index (κ1) is 15.7. The van der Waals surface area contributed by atoms with E-state index in [9.17, 15) is 4.79 Å². The van der Waals surface area contributed by atoms with Crippen molar-refractivity contribution in [1.29, 1.82) is 0 Å². The smallest absolute Gasteiger partial charge is 0.253 e. The molecule has 128 valence electrons. The molecule has 5 nitrogen and oxygen atoms in total. The molecule has 0 radical (unpaired) electrons. The van der Waals surface area contributed by atoms with Crippen molar-refractivity contribution in [3.05, 3.63) is 35.0 Å². The van der Waals surface area contributed by atoms with E-state index in [2.05, 4.69) is 18.8 Å². The Bertz CT molecular complexity index is 797. The Hall–Kier alpha value is -1.85. The van der Waals surface area contributed by atoms with Gasteiger partial charge in [-0.15, -0.1) is 0 Å². The number of carbonyl (C=O) groups is 1. The molecule has 2 aromatic rings. The lowest BCUT2D eigenvalue weighted by Crippen LogP contribution is -2.37. The molecule has 1 amide bonds. The summed E-state index contributed by atoms with van der Waals surface area (Å²) in [5.41, 5.74) is 4.18. The molecule has 0 bridgehead atoms. The Morgan fingerprint density at radius 3 is 3.08 bits per heavy atom. The van der Waals surface area contributed by atoms with Crippen LogP contribution in [0.1, 0.15) is 21.6 Å². The molecule has 4 rings (SSSR count). The number of rotatable bonds is 3. The van der Waals surface area contributed by atoms with Gasteiger partial charge in [-0.3, -0.25) is 4.79 Å². The highest BCUT2D eigenvalue weighted by Gasteiger charge is 2.51. The summed E-state index contributed by atoms with van der Waals surface area (Å²) in [6.45, 7) is 7.68. The van der Waals surface area contributed by atoms with Crippen molar-refractivity contribution in [2.45, 2.75) is 13.8 Å². The number of benzene rings is 1. The fourth-order valence-corrected chi connectivity index (χ4v) is 4.26. The van der Waals surface area contributed by atoms with Gasteiger partial charge in [-0.1, -0.05) is 0 Å². The van der Waals surface area contributed by atoms with Gasteiger partial charge in [0.25, 0.3) is 5.91 Å². The van der Waals surface area contributed by atoms with Crippen molar-refractivity contribution < 1.29 is 14.3 Å². The summed E-state index contributed by atoms with van der Waals surface area (Å²) in [5.74, 6) is 0.487. The highest BCUT2D eigenvalue weighted by atomic mass is 16.5. The number of ether oxygens (including phenoxy) is 2. The van der Waals surface area contributed by atoms with Crippen LogP contribution in [-0.2, 0) is 9.47 Å². The number of nitrogens with zero attached hydrogens (tertiary/aromatic N) is 1. The molecule has 2 saturated heterocycles. The maximum absolute atomic E-state index is 13.0. The zero-order valence-electron chi connectivity index (χ0n) is 14.5. The Morgan fingerprint density at radius 1 is 1.46 bits per heavy atom. The largest absolute Gasteiger partial charge is 0.384 e. The van der Waals surface area contributed by atoms with Crippen molar-refractivity contribution in [2.75, 3.05) is 40.0 Å². The number of hydrogen-bond donors (Lipinski definition) is 1. The molecule has 0 saturated carbocycles. The Kier molecular flexibility index (Phi) is 3.66. The standard InChI is InChI=1S/C19H24N2O3/c1-12-13(2)20-17-5-4-14(6-16(12)17)18(22)21-7-15-8-24-11-19(15,9-21)10-23-3/h4-6,15,20H,7-11H2,1-3H3/t15-,19-/m0/s1. The van der Waals surface area contributed by atoms with E-state index in [0.29, 0.717) is 25.7 Å². The molecule has 1 aromatic heterocycles. The van der Waals surface area contributed by atoms with Crippen LogP contribution in [0, 0.1) is 25.2 Å². The van der Waals surface area contributed by atoms with E-state index in [-0.39, 0.29) is 11.3 Å². The number of hydrogen-bond acceptors (Lipinski definition) is 3. The Labute approximate surface area is 141 Å². The van der Waals surface area contributed by atoms with Crippen LogP contribution in [0.2, 0.25) is 0 Å². The predicted octanol–water partition coefficient (Wildman–Crippen LogP) is 2.52. The fourth-order valence-electron chi connectivity index (χ4n) is 4.26. The van der Waals surface area contributed by atoms with Gasteiger partial charge in [0.05, 0.1) is 19.8 Å². The van der Waals surface area contributed by atoms with Crippen LogP contribution in [0.3, 0.4) is 0 Å². The number of methoxy groups -OCH3 is 1. The zero-order valence-corrected chi connectivity index (χ0v) is 14.5. The molecule has 2 fully saturated rings. The number of amides is 1. The molecule has 1 N–H and O–H groups in total. The summed E-state index contributed by atoms with van der Waals surface area (Å²) in [6, 6.07) is 5.95. The first-order valence-corrected chi connectivity index (χ1v) is 8.49. The normalized spacial score (nSPS) is 26.3. The number of aromatic amines is 1. The molecule has 5 heteroatoms. The summed E-state index contributed by atoms with van der Waals surface area (Å²) in [5, 5.41) is 1.13. The second-order valence-electron chi connectivity index (χ2n) is 7.33. The van der Waals surface area contributed by atoms with E-state index in [1.165, 1.54) is 5.56 Å². The summed E-state index contributed by atoms with van der Waals surface area (Å²) in [6.07, 6.45) is 0. The van der Waals surface area contributed by atoms with Gasteiger partial charge in [0.1, 0.15) is 0 Å². The lowest BCUT2D eigenvalue weighted by atomic mass is 9.82. The molecule has 1 aromatic carbocycles. The SMILES string of the molecule is COC[C@@]12COC[C@@H]1CN(C(=O)c1ccc3[nH]c(C)c(C)c3c1)C2. The van der Waals surface area contributed by atoms with Crippen molar-refractivity contribution >= 4 is 16.8 Å². The van der Waals surface area contributed by atoms with Crippen LogP contribution >= 0.6 is 0 Å². The summed E-state index contributed by atoms with van der Waals surface area (Å²) < 4.78 is 11.1. The summed E-state index contributed by atoms with van der Waals surface area (Å²) in [4.78, 5) is 18.4. The Morgan fingerprint density at radius 2 is 2.29 bits per heavy atom. The zero-order chi connectivity index (χ0) is 16.9. The second-order valence-corrected chi connectivity index (χ2v) is 7.33. The number of aryl methyl sites for hydroxylation is 2. The number of H-pyrrole nitrogens is 1. The average molecular weight is 328 g/mol. The minimum absolute atomic E-state index is 0.0326. The van der Waals surface area contributed by atoms with Gasteiger partial charge in [-0.25, -0.2) is 0 Å². The van der Waals surface area contributed by atoms with Crippen molar-refractivity contribution in [3.63, 3.8) is 0 Å². The lowest BCUT2D eigenvalue weighted by molar-refractivity contribution is 0.0489. The van der Waals surface area contributed by atoms with Crippen molar-refractivity contribution in [2.24, 2.45) is 11.3 Å². The highest BCUT2D eigenvalue weighted by molar-refractivity contribution is 5.99. The van der Waals surface area contributed by atoms with E-state index < -0.39 is 0 Å². The molecular formula is C19H24N2O3. The average Bonchev–Trinajstić information content (AvgIpc) is 3.18. The molecule has 24 heavy (non-hydrogen) atoms. The number of fused-ring (bicyclic) bond motifs is 2. The van der Waals surface area contributed by atoms with Crippen molar-refractivity contribution in [1.82, 2.24) is 9.88 Å². The number of nitrogens with one attached hydrogen (secondary N) is 1. The van der Waals surface area contributed by atoms with Crippen LogP contribution in [0.25, 0.3) is 10.9 Å². The maximum atomic E-state index is 13.0. The quantitative estimate of drug-likeness (QED) is 0.942. The lowest BCUT2D eigenvalue weighted by Gasteiger charge is -2.26. The van der Waals surface area contributed by atoms with E-state index in [1.54, 1.807) is 7.11 Å². The van der Waals surface area contributed by atoms with E-state index >= 15 is 0 Å². The third kappa shape index (κ3) is 2.26. The van der Waals surface area contributed by atoms with E-state index in [4.69, 9.17) is 9.47 Å². The predicted molar refractivity (Wildman–Crippen MR) is 92.3 cm³/mol. The molecule has 2 aliphatic rings. The van der Waals surface area contributed by atoms with E-state index in [0.717, 1.165) is 35.3 Å². The minimum Gasteiger partial charge on any atom is -0.384 e. The van der Waals surface area contributed by atoms with Crippen LogP contribution in [0.5, 0.6) is 0 Å². The van der Waals surface area contributed by atoms with Gasteiger partial charge in [-0.2, -0.15) is 0 Å². The summed E-state index contributed by atoms with van der Waals surface area (Å²) in [7, 11) is 1.72. The molecule has 2 atom stereocenters. The van der Waals surface area contributed by atoms with Gasteiger partial charge in [-0.05, 0) is 37.6 Å². The monoisotopic (exact) mass is 328 g/mol. The van der Waals surface area contributed by atoms with Gasteiger partial charge >= 0.3 is 0 Å². The van der Waals surface area contributed by atoms with Crippen molar-refractivity contribution in [3.8, 4) is 0 Å². The van der Waals surface area contributed by atoms with Gasteiger partial charge in [0.15, 0.2) is 0 Å². The van der Waals surface area contributed by atoms with Gasteiger partial charge < -0.3 is 19.4 Å². The molecule has 0 aliphatic carbocycles. The second kappa shape index (κ2) is 5.60. The van der Waals surface area contributed by atoms with Crippen LogP contribution in [0.15, 0.2) is 18.2 Å². The molecule has 0 unspecified atom stereocenters. The molecular weight excluding hydrogens is 304 g/mol. The third-order valence-corrected chi connectivity index (χ3v) is 5.80. The Balaban J connectivity index is 1.61. The maximum Gasteiger partial charge on any atom is 0.253 e. The van der Waals surface area contributed by atoms with E-state index in [1.807, 2.05) is 23.1 Å². The number of carbonyl (C=O) groups excluding carboxylic acids is 1. The number of likely N-dealkylation sites (tertiary alicyclic amines) is 1. The first-order valence-electron chi connectivity index (χ1n) is 8.49. The first-order chi connectivity index (χ1) is 11.5. The highest BCUT2D eigenvalue weighted by Crippen LogP contribution is 2.42. The van der Waals surface area contributed by atoms with Crippen LogP contribution in [-0.4, -0.2) is 55.8 Å². The van der Waals surface area contributed by atoms with Gasteiger partial charge in [0.2, 0.25) is 0 Å². The van der Waals surface area contributed by atoms with Crippen LogP contribution in [0.4, 0.5) is 0 Å². The summed E-state index contributed by atoms with van der Waals surface area (Å²) >= 11 is 0. The third-order valence-electron chi connectivity index (χ3n) is 5.80. The molecule has 2 aliphatic heterocycles. The molecule has 3 heterocycles. The molecule has 0 spiro atoms. The fraction of sp³-hybridized carbons (Fsp3) is 0.526. The van der Waals surface area contributed by atoms with Crippen LogP contribution < -0.4 is 0 Å². The number of aromatic nitrogens is 1. The van der Waals surface area contributed by atoms with Gasteiger partial charge in [0, 0.05) is 53.7 Å². The minimum atomic E-state index is -0.0326.